The van der Waals surface area contributed by atoms with Crippen molar-refractivity contribution in [3.63, 3.8) is 0 Å². The highest BCUT2D eigenvalue weighted by atomic mass is 79.9. The first-order valence-electron chi connectivity index (χ1n) is 6.04. The van der Waals surface area contributed by atoms with E-state index in [2.05, 4.69) is 42.3 Å². The topological polar surface area (TPSA) is 70.6 Å². The van der Waals surface area contributed by atoms with E-state index in [1.165, 1.54) is 0 Å². The molecule has 6 heteroatoms. The number of nitrogens with one attached hydrogen (secondary N) is 1. The van der Waals surface area contributed by atoms with Gasteiger partial charge in [-0.25, -0.2) is 0 Å². The maximum atomic E-state index is 8.71. The van der Waals surface area contributed by atoms with Gasteiger partial charge in [0.2, 0.25) is 0 Å². The molecular weight excluding hydrogens is 374 g/mol. The zero-order valence-corrected chi connectivity index (χ0v) is 14.3. The summed E-state index contributed by atoms with van der Waals surface area (Å²) in [4.78, 5) is 0. The summed E-state index contributed by atoms with van der Waals surface area (Å²) >= 11 is 6.95. The van der Waals surface area contributed by atoms with Gasteiger partial charge in [-0.15, -0.1) is 0 Å². The second kappa shape index (κ2) is 7.14. The lowest BCUT2D eigenvalue weighted by atomic mass is 9.86. The molecule has 0 aliphatic heterocycles. The minimum Gasteiger partial charge on any atom is -0.409 e. The molecule has 0 bridgehead atoms. The molecule has 19 heavy (non-hydrogen) atoms. The van der Waals surface area contributed by atoms with Crippen LogP contribution in [0.1, 0.15) is 26.7 Å². The second-order valence-corrected chi connectivity index (χ2v) is 6.79. The van der Waals surface area contributed by atoms with E-state index in [0.717, 1.165) is 34.0 Å². The Balaban J connectivity index is 2.45. The molecule has 0 amide bonds. The number of hydrogen-bond acceptors (Lipinski definition) is 3. The molecule has 1 rings (SSSR count). The molecule has 1 aromatic carbocycles. The predicted octanol–water partition coefficient (Wildman–Crippen LogP) is 4.18. The Labute approximate surface area is 130 Å². The molecule has 0 aliphatic rings. The molecule has 1 aromatic rings. The highest BCUT2D eigenvalue weighted by Gasteiger charge is 2.22. The van der Waals surface area contributed by atoms with E-state index in [4.69, 9.17) is 10.9 Å². The molecule has 0 aromatic heterocycles. The van der Waals surface area contributed by atoms with E-state index in [1.807, 2.05) is 32.0 Å². The Kier molecular flexibility index (Phi) is 6.13. The maximum Gasteiger partial charge on any atom is 0.144 e. The number of hydrogen-bond donors (Lipinski definition) is 3. The molecule has 0 radical (unpaired) electrons. The van der Waals surface area contributed by atoms with Crippen molar-refractivity contribution in [1.29, 1.82) is 0 Å². The van der Waals surface area contributed by atoms with Crippen LogP contribution in [-0.4, -0.2) is 17.6 Å². The number of oxime groups is 1. The molecule has 0 saturated heterocycles. The van der Waals surface area contributed by atoms with Gasteiger partial charge in [0.25, 0.3) is 0 Å². The summed E-state index contributed by atoms with van der Waals surface area (Å²) in [5, 5.41) is 15.2. The summed E-state index contributed by atoms with van der Waals surface area (Å²) in [7, 11) is 0. The predicted molar refractivity (Wildman–Crippen MR) is 86.8 cm³/mol. The van der Waals surface area contributed by atoms with Gasteiger partial charge >= 0.3 is 0 Å². The first-order chi connectivity index (χ1) is 8.86. The molecule has 0 atom stereocenters. The summed E-state index contributed by atoms with van der Waals surface area (Å²) in [5.74, 6) is 0.274. The number of anilines is 1. The zero-order chi connectivity index (χ0) is 14.5. The standard InChI is InChI=1S/C13H19Br2N3O/c1-13(2,12(16)18-19)6-3-7-17-11-8-9(14)4-5-10(11)15/h4-5,8,17,19H,3,6-7H2,1-2H3,(H2,16,18). The Morgan fingerprint density at radius 1 is 1.42 bits per heavy atom. The van der Waals surface area contributed by atoms with Crippen molar-refractivity contribution in [2.75, 3.05) is 11.9 Å². The first-order valence-corrected chi connectivity index (χ1v) is 7.62. The van der Waals surface area contributed by atoms with Crippen molar-refractivity contribution in [3.8, 4) is 0 Å². The molecule has 0 heterocycles. The Morgan fingerprint density at radius 2 is 2.11 bits per heavy atom. The monoisotopic (exact) mass is 391 g/mol. The average molecular weight is 393 g/mol. The zero-order valence-electron chi connectivity index (χ0n) is 11.1. The third kappa shape index (κ3) is 5.03. The van der Waals surface area contributed by atoms with Crippen molar-refractivity contribution < 1.29 is 5.21 Å². The lowest BCUT2D eigenvalue weighted by Gasteiger charge is -2.22. The van der Waals surface area contributed by atoms with Gasteiger partial charge in [-0.05, 0) is 47.0 Å². The normalized spacial score (nSPS) is 12.5. The van der Waals surface area contributed by atoms with Crippen LogP contribution in [0.25, 0.3) is 0 Å². The van der Waals surface area contributed by atoms with Gasteiger partial charge in [-0.2, -0.15) is 0 Å². The average Bonchev–Trinajstić information content (AvgIpc) is 2.37. The highest BCUT2D eigenvalue weighted by molar-refractivity contribution is 9.11. The van der Waals surface area contributed by atoms with Crippen molar-refractivity contribution in [2.24, 2.45) is 16.3 Å². The van der Waals surface area contributed by atoms with E-state index in [0.29, 0.717) is 0 Å². The highest BCUT2D eigenvalue weighted by Crippen LogP contribution is 2.27. The molecule has 0 aliphatic carbocycles. The number of benzene rings is 1. The van der Waals surface area contributed by atoms with Gasteiger partial charge in [0.05, 0.1) is 0 Å². The minimum absolute atomic E-state index is 0.274. The van der Waals surface area contributed by atoms with Gasteiger partial charge in [-0.3, -0.25) is 0 Å². The number of rotatable bonds is 6. The third-order valence-electron chi connectivity index (χ3n) is 3.02. The number of nitrogens with two attached hydrogens (primary N) is 1. The third-order valence-corrected chi connectivity index (χ3v) is 4.21. The van der Waals surface area contributed by atoms with Crippen LogP contribution < -0.4 is 11.1 Å². The SMILES string of the molecule is CC(C)(CCCNc1cc(Br)ccc1Br)C(N)=NO. The van der Waals surface area contributed by atoms with E-state index in [9.17, 15) is 0 Å². The maximum absolute atomic E-state index is 8.71. The molecule has 0 unspecified atom stereocenters. The molecule has 4 nitrogen and oxygen atoms in total. The lowest BCUT2D eigenvalue weighted by molar-refractivity contribution is 0.305. The van der Waals surface area contributed by atoms with Crippen molar-refractivity contribution in [3.05, 3.63) is 27.1 Å². The Hall–Kier alpha value is -0.750. The summed E-state index contributed by atoms with van der Waals surface area (Å²) in [6, 6.07) is 6.00. The molecule has 106 valence electrons. The quantitative estimate of drug-likeness (QED) is 0.223. The lowest BCUT2D eigenvalue weighted by Crippen LogP contribution is -2.32. The Bertz CT molecular complexity index is 461. The number of amidine groups is 1. The molecule has 0 saturated carbocycles. The molecule has 4 N–H and O–H groups in total. The van der Waals surface area contributed by atoms with Crippen LogP contribution in [0.2, 0.25) is 0 Å². The summed E-state index contributed by atoms with van der Waals surface area (Å²) in [5.41, 5.74) is 6.42. The Morgan fingerprint density at radius 3 is 2.74 bits per heavy atom. The van der Waals surface area contributed by atoms with E-state index in [-0.39, 0.29) is 11.3 Å². The van der Waals surface area contributed by atoms with Crippen LogP contribution in [0, 0.1) is 5.41 Å². The van der Waals surface area contributed by atoms with E-state index >= 15 is 0 Å². The van der Waals surface area contributed by atoms with Gasteiger partial charge in [-0.1, -0.05) is 34.9 Å². The second-order valence-electron chi connectivity index (χ2n) is 5.02. The van der Waals surface area contributed by atoms with Crippen molar-refractivity contribution in [2.45, 2.75) is 26.7 Å². The summed E-state index contributed by atoms with van der Waals surface area (Å²) in [6.45, 7) is 4.77. The van der Waals surface area contributed by atoms with Crippen LogP contribution >= 0.6 is 31.9 Å². The van der Waals surface area contributed by atoms with E-state index in [1.54, 1.807) is 0 Å². The van der Waals surface area contributed by atoms with Gasteiger partial charge in [0.1, 0.15) is 5.84 Å². The largest absolute Gasteiger partial charge is 0.409 e. The van der Waals surface area contributed by atoms with Crippen LogP contribution in [0.5, 0.6) is 0 Å². The van der Waals surface area contributed by atoms with E-state index < -0.39 is 0 Å². The fraction of sp³-hybridized carbons (Fsp3) is 0.462. The summed E-state index contributed by atoms with van der Waals surface area (Å²) in [6.07, 6.45) is 1.78. The van der Waals surface area contributed by atoms with Crippen LogP contribution in [-0.2, 0) is 0 Å². The van der Waals surface area contributed by atoms with Crippen LogP contribution in [0.15, 0.2) is 32.3 Å². The minimum atomic E-state index is -0.287. The van der Waals surface area contributed by atoms with Crippen LogP contribution in [0.4, 0.5) is 5.69 Å². The molecule has 0 fully saturated rings. The van der Waals surface area contributed by atoms with Crippen molar-refractivity contribution in [1.82, 2.24) is 0 Å². The number of nitrogens with zero attached hydrogens (tertiary/aromatic N) is 1. The fourth-order valence-electron chi connectivity index (χ4n) is 1.65. The van der Waals surface area contributed by atoms with Gasteiger partial charge < -0.3 is 16.3 Å². The first kappa shape index (κ1) is 16.3. The van der Waals surface area contributed by atoms with Gasteiger partial charge in [0, 0.05) is 26.6 Å². The smallest absolute Gasteiger partial charge is 0.144 e. The molecular formula is C13H19Br2N3O. The van der Waals surface area contributed by atoms with Crippen molar-refractivity contribution >= 4 is 43.4 Å². The van der Waals surface area contributed by atoms with Crippen LogP contribution in [0.3, 0.4) is 0 Å². The number of halogens is 2. The van der Waals surface area contributed by atoms with Gasteiger partial charge in [0.15, 0.2) is 0 Å². The molecule has 0 spiro atoms. The fourth-order valence-corrected chi connectivity index (χ4v) is 2.40. The summed E-state index contributed by atoms with van der Waals surface area (Å²) < 4.78 is 2.07.